The Kier molecular flexibility index (Phi) is 4.05. The van der Waals surface area contributed by atoms with Crippen LogP contribution in [0.2, 0.25) is 0 Å². The molecular weight excluding hydrogens is 306 g/mol. The molecule has 7 heteroatoms. The monoisotopic (exact) mass is 323 g/mol. The Morgan fingerprint density at radius 3 is 2.95 bits per heavy atom. The topological polar surface area (TPSA) is 63.2 Å². The zero-order valence-electron chi connectivity index (χ0n) is 11.8. The molecule has 0 radical (unpaired) electrons. The number of rotatable bonds is 3. The smallest absolute Gasteiger partial charge is 0.242 e. The molecule has 3 heterocycles. The Balaban J connectivity index is 1.83. The van der Waals surface area contributed by atoms with Gasteiger partial charge in [-0.3, -0.25) is 0 Å². The molecule has 21 heavy (non-hydrogen) atoms. The number of hydrogen-bond acceptors (Lipinski definition) is 5. The summed E-state index contributed by atoms with van der Waals surface area (Å²) in [5, 5.41) is 1.79. The van der Waals surface area contributed by atoms with Crippen molar-refractivity contribution in [2.45, 2.75) is 29.9 Å². The Morgan fingerprint density at radius 2 is 2.24 bits per heavy atom. The Bertz CT molecular complexity index is 714. The van der Waals surface area contributed by atoms with E-state index in [1.54, 1.807) is 28.0 Å². The van der Waals surface area contributed by atoms with Crippen LogP contribution in [0.1, 0.15) is 30.3 Å². The van der Waals surface area contributed by atoms with Gasteiger partial charge in [-0.15, -0.1) is 11.3 Å². The molecule has 2 aromatic heterocycles. The molecule has 0 N–H and O–H groups in total. The maximum Gasteiger partial charge on any atom is 0.252 e. The van der Waals surface area contributed by atoms with Gasteiger partial charge in [-0.05, 0) is 37.3 Å². The average molecular weight is 323 g/mol. The van der Waals surface area contributed by atoms with Crippen LogP contribution in [-0.2, 0) is 10.0 Å². The van der Waals surface area contributed by atoms with Gasteiger partial charge in [0.1, 0.15) is 10.0 Å². The highest BCUT2D eigenvalue weighted by molar-refractivity contribution is 7.91. The quantitative estimate of drug-likeness (QED) is 0.870. The van der Waals surface area contributed by atoms with E-state index in [1.165, 1.54) is 11.3 Å². The van der Waals surface area contributed by atoms with Gasteiger partial charge in [0.2, 0.25) is 0 Å². The maximum atomic E-state index is 12.6. The Hall–Kier alpha value is -1.31. The van der Waals surface area contributed by atoms with E-state index in [0.717, 1.165) is 24.4 Å². The van der Waals surface area contributed by atoms with Crippen LogP contribution in [0.15, 0.2) is 34.0 Å². The molecule has 1 atom stereocenters. The molecule has 5 nitrogen and oxygen atoms in total. The van der Waals surface area contributed by atoms with E-state index in [9.17, 15) is 8.42 Å². The van der Waals surface area contributed by atoms with Crippen molar-refractivity contribution in [1.29, 1.82) is 0 Å². The second-order valence-corrected chi connectivity index (χ2v) is 8.28. The van der Waals surface area contributed by atoms with E-state index in [4.69, 9.17) is 0 Å². The molecule has 1 fully saturated rings. The summed E-state index contributed by atoms with van der Waals surface area (Å²) in [7, 11) is -3.36. The number of hydrogen-bond donors (Lipinski definition) is 0. The van der Waals surface area contributed by atoms with Crippen molar-refractivity contribution < 1.29 is 8.42 Å². The molecular formula is C14H17N3O2S2. The summed E-state index contributed by atoms with van der Waals surface area (Å²) in [5.41, 5.74) is 0.938. The minimum absolute atomic E-state index is 0.148. The van der Waals surface area contributed by atoms with Crippen LogP contribution < -0.4 is 0 Å². The summed E-state index contributed by atoms with van der Waals surface area (Å²) >= 11 is 1.27. The molecule has 0 aliphatic carbocycles. The third-order valence-corrected chi connectivity index (χ3v) is 6.93. The number of piperidine rings is 1. The first-order valence-electron chi connectivity index (χ1n) is 6.90. The summed E-state index contributed by atoms with van der Waals surface area (Å²) in [6.07, 6.45) is 3.57. The van der Waals surface area contributed by atoms with Crippen LogP contribution in [0, 0.1) is 6.92 Å². The molecule has 0 saturated carbocycles. The van der Waals surface area contributed by atoms with Crippen molar-refractivity contribution in [2.75, 3.05) is 13.1 Å². The van der Waals surface area contributed by atoms with Gasteiger partial charge < -0.3 is 0 Å². The summed E-state index contributed by atoms with van der Waals surface area (Å²) in [4.78, 5) is 8.55. The van der Waals surface area contributed by atoms with Crippen molar-refractivity contribution in [3.05, 3.63) is 41.3 Å². The summed E-state index contributed by atoms with van der Waals surface area (Å²) < 4.78 is 27.2. The minimum atomic E-state index is -3.36. The van der Waals surface area contributed by atoms with E-state index < -0.39 is 10.0 Å². The van der Waals surface area contributed by atoms with Crippen molar-refractivity contribution >= 4 is 21.4 Å². The normalized spacial score (nSPS) is 20.5. The fourth-order valence-corrected chi connectivity index (χ4v) is 5.31. The molecule has 0 unspecified atom stereocenters. The fourth-order valence-electron chi connectivity index (χ4n) is 2.64. The Morgan fingerprint density at radius 1 is 1.38 bits per heavy atom. The van der Waals surface area contributed by atoms with Crippen molar-refractivity contribution in [3.8, 4) is 0 Å². The average Bonchev–Trinajstić information content (AvgIpc) is 3.02. The van der Waals surface area contributed by atoms with Gasteiger partial charge in [-0.1, -0.05) is 6.07 Å². The molecule has 0 amide bonds. The van der Waals surface area contributed by atoms with Crippen LogP contribution in [0.5, 0.6) is 0 Å². The molecule has 1 aliphatic heterocycles. The summed E-state index contributed by atoms with van der Waals surface area (Å²) in [6.45, 7) is 2.93. The predicted octanol–water partition coefficient (Wildman–Crippen LogP) is 2.41. The lowest BCUT2D eigenvalue weighted by Crippen LogP contribution is -2.39. The number of sulfonamides is 1. The highest BCUT2D eigenvalue weighted by atomic mass is 32.2. The van der Waals surface area contributed by atoms with E-state index in [-0.39, 0.29) is 5.92 Å². The lowest BCUT2D eigenvalue weighted by Gasteiger charge is -2.31. The lowest BCUT2D eigenvalue weighted by molar-refractivity contribution is 0.313. The third kappa shape index (κ3) is 3.00. The second kappa shape index (κ2) is 5.82. The molecule has 0 spiro atoms. The summed E-state index contributed by atoms with van der Waals surface area (Å²) in [5.74, 6) is 0.876. The summed E-state index contributed by atoms with van der Waals surface area (Å²) in [6, 6.07) is 5.32. The highest BCUT2D eigenvalue weighted by Crippen LogP contribution is 2.30. The predicted molar refractivity (Wildman–Crippen MR) is 81.8 cm³/mol. The highest BCUT2D eigenvalue weighted by Gasteiger charge is 2.31. The van der Waals surface area contributed by atoms with Crippen LogP contribution in [-0.4, -0.2) is 35.8 Å². The van der Waals surface area contributed by atoms with Gasteiger partial charge in [0.15, 0.2) is 0 Å². The van der Waals surface area contributed by atoms with Crippen molar-refractivity contribution in [2.24, 2.45) is 0 Å². The molecule has 0 bridgehead atoms. The number of aromatic nitrogens is 2. The first kappa shape index (κ1) is 14.6. The van der Waals surface area contributed by atoms with Crippen LogP contribution in [0.4, 0.5) is 0 Å². The zero-order valence-corrected chi connectivity index (χ0v) is 13.4. The molecule has 112 valence electrons. The first-order chi connectivity index (χ1) is 10.1. The molecule has 1 aliphatic rings. The van der Waals surface area contributed by atoms with Gasteiger partial charge in [0.25, 0.3) is 10.0 Å². The van der Waals surface area contributed by atoms with E-state index in [1.807, 2.05) is 13.0 Å². The van der Waals surface area contributed by atoms with Crippen LogP contribution in [0.3, 0.4) is 0 Å². The van der Waals surface area contributed by atoms with E-state index in [2.05, 4.69) is 9.97 Å². The standard InChI is InChI=1S/C14H17N3O2S2/c1-11-15-7-6-13(16-11)12-4-2-8-17(10-12)21(18,19)14-5-3-9-20-14/h3,5-7,9,12H,2,4,8,10H2,1H3/t12-/m1/s1. The zero-order chi connectivity index (χ0) is 14.9. The van der Waals surface area contributed by atoms with Gasteiger partial charge in [-0.2, -0.15) is 4.31 Å². The number of aryl methyl sites for hydroxylation is 1. The third-order valence-electron chi connectivity index (χ3n) is 3.69. The first-order valence-corrected chi connectivity index (χ1v) is 9.22. The molecule has 0 aromatic carbocycles. The second-order valence-electron chi connectivity index (χ2n) is 5.16. The fraction of sp³-hybridized carbons (Fsp3) is 0.429. The maximum absolute atomic E-state index is 12.6. The van der Waals surface area contributed by atoms with Gasteiger partial charge in [0, 0.05) is 30.9 Å². The van der Waals surface area contributed by atoms with Crippen molar-refractivity contribution in [1.82, 2.24) is 14.3 Å². The van der Waals surface area contributed by atoms with Gasteiger partial charge in [0.05, 0.1) is 0 Å². The molecule has 2 aromatic rings. The SMILES string of the molecule is Cc1nccc([C@@H]2CCCN(S(=O)(=O)c3cccs3)C2)n1. The van der Waals surface area contributed by atoms with Crippen molar-refractivity contribution in [3.63, 3.8) is 0 Å². The van der Waals surface area contributed by atoms with Gasteiger partial charge >= 0.3 is 0 Å². The minimum Gasteiger partial charge on any atom is -0.242 e. The molecule has 1 saturated heterocycles. The number of thiophene rings is 1. The number of nitrogens with zero attached hydrogens (tertiary/aromatic N) is 3. The lowest BCUT2D eigenvalue weighted by atomic mass is 9.96. The van der Waals surface area contributed by atoms with Gasteiger partial charge in [-0.25, -0.2) is 18.4 Å². The van der Waals surface area contributed by atoms with E-state index >= 15 is 0 Å². The van der Waals surface area contributed by atoms with Crippen LogP contribution >= 0.6 is 11.3 Å². The van der Waals surface area contributed by atoms with Crippen LogP contribution in [0.25, 0.3) is 0 Å². The Labute approximate surface area is 128 Å². The molecule has 3 rings (SSSR count). The largest absolute Gasteiger partial charge is 0.252 e. The van der Waals surface area contributed by atoms with E-state index in [0.29, 0.717) is 17.3 Å².